The van der Waals surface area contributed by atoms with Crippen molar-refractivity contribution in [3.05, 3.63) is 316 Å². The van der Waals surface area contributed by atoms with Gasteiger partial charge in [0.1, 0.15) is 11.2 Å². The van der Waals surface area contributed by atoms with Crippen LogP contribution in [0.4, 0.5) is 17.1 Å². The second kappa shape index (κ2) is 18.3. The Kier molecular flexibility index (Phi) is 10.4. The first-order valence-corrected chi connectivity index (χ1v) is 34.4. The average Bonchev–Trinajstić information content (AvgIpc) is 1.61. The third-order valence-corrected chi connectivity index (χ3v) is 25.6. The average molecular weight is 1190 g/mol. The van der Waals surface area contributed by atoms with Gasteiger partial charge in [-0.1, -0.05) is 246 Å². The molecule has 3 fully saturated rings. The molecule has 2 nitrogen and oxygen atoms in total. The number of nitrogens with zero attached hydrogens (tertiary/aromatic N) is 1. The van der Waals surface area contributed by atoms with Crippen LogP contribution < -0.4 is 4.90 Å². The zero-order chi connectivity index (χ0) is 61.5. The normalized spacial score (nSPS) is 24.2. The SMILES string of the molecule is CC1(C)c2cc(-c3ccccc3)ccc2-c2ccc(N(c3ccc(-c4ccc5c6c4oc4cccc(c46)C4CC67CC(CC89CC(CC5(C4)C86)c4ccccc4-c4ccccc49)c4ccccc4-c4ccccc47)cc3)c3cccc4c3-c3ccccc3C4(C)C)cc21. The van der Waals surface area contributed by atoms with Gasteiger partial charge in [0.2, 0.25) is 0 Å². The minimum absolute atomic E-state index is 0.104. The summed E-state index contributed by atoms with van der Waals surface area (Å²) in [5, 5.41) is 2.72. The lowest BCUT2D eigenvalue weighted by molar-refractivity contribution is -0.0786. The highest BCUT2D eigenvalue weighted by Crippen LogP contribution is 2.79. The first-order valence-electron chi connectivity index (χ1n) is 34.4. The summed E-state index contributed by atoms with van der Waals surface area (Å²) in [6, 6.07) is 102. The highest BCUT2D eigenvalue weighted by Gasteiger charge is 2.72. The van der Waals surface area contributed by atoms with E-state index < -0.39 is 0 Å². The van der Waals surface area contributed by atoms with Crippen molar-refractivity contribution in [3.63, 3.8) is 0 Å². The minimum atomic E-state index is -0.227. The second-order valence-electron chi connectivity index (χ2n) is 30.4. The van der Waals surface area contributed by atoms with Crippen molar-refractivity contribution < 1.29 is 4.42 Å². The second-order valence-corrected chi connectivity index (χ2v) is 30.4. The smallest absolute Gasteiger partial charge is 0.143 e. The van der Waals surface area contributed by atoms with Gasteiger partial charge in [0.05, 0.1) is 5.69 Å². The van der Waals surface area contributed by atoms with Gasteiger partial charge in [-0.2, -0.15) is 0 Å². The van der Waals surface area contributed by atoms with Crippen LogP contribution in [-0.4, -0.2) is 0 Å². The first-order chi connectivity index (χ1) is 45.5. The van der Waals surface area contributed by atoms with Crippen molar-refractivity contribution in [2.24, 2.45) is 5.92 Å². The fraction of sp³-hybridized carbons (Fsp3) is 0.209. The molecule has 3 saturated carbocycles. The molecule has 1 heterocycles. The summed E-state index contributed by atoms with van der Waals surface area (Å²) in [5.74, 6) is 1.48. The summed E-state index contributed by atoms with van der Waals surface area (Å²) in [5.41, 5.74) is 35.5. The van der Waals surface area contributed by atoms with Gasteiger partial charge in [0.15, 0.2) is 0 Å². The molecule has 0 amide bonds. The Bertz CT molecular complexity index is 5410. The molecule has 446 valence electrons. The number of rotatable bonds is 5. The highest BCUT2D eigenvalue weighted by atomic mass is 16.3. The molecule has 6 bridgehead atoms. The molecule has 1 aromatic heterocycles. The number of hydrogen-bond donors (Lipinski definition) is 0. The van der Waals surface area contributed by atoms with Crippen LogP contribution in [0.3, 0.4) is 0 Å². The lowest BCUT2D eigenvalue weighted by Gasteiger charge is -2.70. The van der Waals surface area contributed by atoms with Crippen molar-refractivity contribution in [2.75, 3.05) is 4.90 Å². The molecule has 0 aliphatic heterocycles. The first kappa shape index (κ1) is 52.8. The molecule has 0 radical (unpaired) electrons. The predicted octanol–water partition coefficient (Wildman–Crippen LogP) is 23.7. The third kappa shape index (κ3) is 6.74. The maximum atomic E-state index is 7.59. The standard InChI is InChI=1S/C91H71NO/c1-87(2)73-30-15-14-28-72(73)82-76(87)33-19-34-80(82)92(61-41-43-71-70-42-38-56(54-20-6-5-7-21-54)46-78(70)88(3,4)79(71)47-61)60-39-36-55(37-40-60)65-44-45-77-84-83-64(29-18-35-81(83)93-85(65)84)59-52-90-49-57(62-22-8-10-24-66(62)69-27-13-17-32-75(69)90)48-89-50-58(51-91(77,53-59)86(89)90)63-23-9-11-25-67(63)68-26-12-16-31-74(68)89/h5-47,57-59,86H,48-53H2,1-4H3. The molecule has 21 rings (SSSR count). The Hall–Kier alpha value is -9.76. The highest BCUT2D eigenvalue weighted by molar-refractivity contribution is 6.14. The van der Waals surface area contributed by atoms with Crippen LogP contribution in [0, 0.1) is 5.92 Å². The molecule has 13 aromatic rings. The Labute approximate surface area is 545 Å². The van der Waals surface area contributed by atoms with E-state index in [0.717, 1.165) is 53.8 Å². The van der Waals surface area contributed by atoms with E-state index in [9.17, 15) is 0 Å². The van der Waals surface area contributed by atoms with E-state index in [-0.39, 0.29) is 27.1 Å². The summed E-state index contributed by atoms with van der Waals surface area (Å²) < 4.78 is 7.59. The zero-order valence-electron chi connectivity index (χ0n) is 53.2. The molecule has 0 saturated heterocycles. The van der Waals surface area contributed by atoms with E-state index in [1.165, 1.54) is 124 Å². The summed E-state index contributed by atoms with van der Waals surface area (Å²) >= 11 is 0. The van der Waals surface area contributed by atoms with Crippen LogP contribution in [0.1, 0.15) is 140 Å². The van der Waals surface area contributed by atoms with Gasteiger partial charge >= 0.3 is 0 Å². The largest absolute Gasteiger partial charge is 0.455 e. The van der Waals surface area contributed by atoms with Crippen molar-refractivity contribution in [1.29, 1.82) is 0 Å². The maximum absolute atomic E-state index is 7.59. The monoisotopic (exact) mass is 1190 g/mol. The molecule has 0 N–H and O–H groups in total. The fourth-order valence-corrected chi connectivity index (χ4v) is 22.4. The Balaban J connectivity index is 0.764. The van der Waals surface area contributed by atoms with E-state index in [0.29, 0.717) is 23.7 Å². The Morgan fingerprint density at radius 2 is 0.785 bits per heavy atom. The number of furan rings is 1. The van der Waals surface area contributed by atoms with Crippen LogP contribution in [-0.2, 0) is 27.1 Å². The van der Waals surface area contributed by atoms with Crippen LogP contribution in [0.2, 0.25) is 0 Å². The molecular weight excluding hydrogens is 1120 g/mol. The predicted molar refractivity (Wildman–Crippen MR) is 383 cm³/mol. The van der Waals surface area contributed by atoms with E-state index >= 15 is 0 Å². The third-order valence-electron chi connectivity index (χ3n) is 25.6. The number of hydrogen-bond acceptors (Lipinski definition) is 2. The summed E-state index contributed by atoms with van der Waals surface area (Å²) in [4.78, 5) is 2.56. The van der Waals surface area contributed by atoms with Gasteiger partial charge in [-0.25, -0.2) is 0 Å². The van der Waals surface area contributed by atoms with E-state index in [4.69, 9.17) is 4.42 Å². The topological polar surface area (TPSA) is 16.4 Å². The number of anilines is 3. The van der Waals surface area contributed by atoms with Gasteiger partial charge in [-0.3, -0.25) is 0 Å². The molecule has 12 aromatic carbocycles. The maximum Gasteiger partial charge on any atom is 0.143 e. The Morgan fingerprint density at radius 3 is 1.45 bits per heavy atom. The van der Waals surface area contributed by atoms with E-state index in [2.05, 4.69) is 293 Å². The van der Waals surface area contributed by atoms with Crippen LogP contribution >= 0.6 is 0 Å². The van der Waals surface area contributed by atoms with E-state index in [1.807, 2.05) is 0 Å². The lowest BCUT2D eigenvalue weighted by atomic mass is 9.32. The summed E-state index contributed by atoms with van der Waals surface area (Å²) in [6.45, 7) is 9.64. The van der Waals surface area contributed by atoms with Crippen LogP contribution in [0.15, 0.2) is 265 Å². The van der Waals surface area contributed by atoms with Crippen LogP contribution in [0.5, 0.6) is 0 Å². The summed E-state index contributed by atoms with van der Waals surface area (Å²) in [6.07, 6.45) is 6.88. The fourth-order valence-electron chi connectivity index (χ4n) is 22.4. The van der Waals surface area contributed by atoms with Gasteiger partial charge in [0.25, 0.3) is 0 Å². The van der Waals surface area contributed by atoms with Crippen molar-refractivity contribution in [1.82, 2.24) is 0 Å². The van der Waals surface area contributed by atoms with Gasteiger partial charge < -0.3 is 9.32 Å². The quantitative estimate of drug-likeness (QED) is 0.171. The summed E-state index contributed by atoms with van der Waals surface area (Å²) in [7, 11) is 0. The molecule has 2 heteroatoms. The molecule has 3 spiro atoms. The van der Waals surface area contributed by atoms with Crippen LogP contribution in [0.25, 0.3) is 88.7 Å². The Morgan fingerprint density at radius 1 is 0.312 bits per heavy atom. The lowest BCUT2D eigenvalue weighted by Crippen LogP contribution is -2.67. The molecule has 8 aliphatic carbocycles. The molecule has 8 aliphatic rings. The molecule has 7 unspecified atom stereocenters. The van der Waals surface area contributed by atoms with Gasteiger partial charge in [-0.05, 0) is 216 Å². The molecular formula is C91H71NO. The van der Waals surface area contributed by atoms with Gasteiger partial charge in [-0.15, -0.1) is 0 Å². The number of fused-ring (bicyclic) bond motifs is 18. The molecule has 7 atom stereocenters. The van der Waals surface area contributed by atoms with E-state index in [1.54, 1.807) is 22.3 Å². The van der Waals surface area contributed by atoms with Crippen molar-refractivity contribution >= 4 is 39.0 Å². The van der Waals surface area contributed by atoms with Crippen molar-refractivity contribution in [2.45, 2.75) is 111 Å². The van der Waals surface area contributed by atoms with Crippen molar-refractivity contribution in [3.8, 4) is 66.8 Å². The zero-order valence-corrected chi connectivity index (χ0v) is 53.2. The van der Waals surface area contributed by atoms with Gasteiger partial charge in [0, 0.05) is 60.3 Å². The molecule has 93 heavy (non-hydrogen) atoms. The minimum Gasteiger partial charge on any atom is -0.455 e. The number of benzene rings is 12.